The Bertz CT molecular complexity index is 735. The first kappa shape index (κ1) is 15.0. The van der Waals surface area contributed by atoms with Gasteiger partial charge < -0.3 is 10.5 Å². The second-order valence-electron chi connectivity index (χ2n) is 4.02. The number of aromatic nitrogens is 2. The number of benzene rings is 1. The fraction of sp³-hybridized carbons (Fsp3) is 0.167. The van der Waals surface area contributed by atoms with Crippen LogP contribution in [-0.2, 0) is 10.0 Å². The number of nitrogens with one attached hydrogen (secondary N) is 2. The molecule has 0 unspecified atom stereocenters. The predicted molar refractivity (Wildman–Crippen MR) is 76.7 cm³/mol. The number of anilines is 1. The SMILES string of the molecule is NCCOc1ccc(S(=O)(=O)Nc2ccc(=O)[nH]n2)cc1. The highest BCUT2D eigenvalue weighted by atomic mass is 32.2. The van der Waals surface area contributed by atoms with Gasteiger partial charge in [-0.1, -0.05) is 0 Å². The zero-order valence-electron chi connectivity index (χ0n) is 10.9. The zero-order chi connectivity index (χ0) is 15.3. The molecule has 0 fully saturated rings. The summed E-state index contributed by atoms with van der Waals surface area (Å²) in [5.74, 6) is 0.555. The lowest BCUT2D eigenvalue weighted by Gasteiger charge is -2.08. The van der Waals surface area contributed by atoms with Crippen molar-refractivity contribution >= 4 is 15.8 Å². The van der Waals surface area contributed by atoms with Crippen LogP contribution in [0, 0.1) is 0 Å². The largest absolute Gasteiger partial charge is 0.492 e. The third kappa shape index (κ3) is 4.04. The Morgan fingerprint density at radius 3 is 2.48 bits per heavy atom. The molecule has 0 saturated carbocycles. The van der Waals surface area contributed by atoms with Gasteiger partial charge in [-0.25, -0.2) is 13.5 Å². The van der Waals surface area contributed by atoms with E-state index in [1.165, 1.54) is 36.4 Å². The van der Waals surface area contributed by atoms with Crippen LogP contribution in [-0.4, -0.2) is 31.8 Å². The van der Waals surface area contributed by atoms with E-state index in [0.717, 1.165) is 0 Å². The average molecular weight is 310 g/mol. The first-order valence-corrected chi connectivity index (χ1v) is 7.51. The number of nitrogens with two attached hydrogens (primary N) is 1. The van der Waals surface area contributed by atoms with E-state index in [1.807, 2.05) is 0 Å². The molecule has 0 atom stereocenters. The highest BCUT2D eigenvalue weighted by Gasteiger charge is 2.14. The maximum absolute atomic E-state index is 12.1. The van der Waals surface area contributed by atoms with Crippen molar-refractivity contribution in [1.29, 1.82) is 0 Å². The first-order valence-electron chi connectivity index (χ1n) is 6.03. The van der Waals surface area contributed by atoms with Crippen LogP contribution in [0.4, 0.5) is 5.82 Å². The fourth-order valence-corrected chi connectivity index (χ4v) is 2.49. The van der Waals surface area contributed by atoms with Gasteiger partial charge in [-0.2, -0.15) is 5.10 Å². The van der Waals surface area contributed by atoms with Crippen molar-refractivity contribution in [3.63, 3.8) is 0 Å². The van der Waals surface area contributed by atoms with Crippen molar-refractivity contribution < 1.29 is 13.2 Å². The third-order valence-electron chi connectivity index (χ3n) is 2.44. The number of sulfonamides is 1. The third-order valence-corrected chi connectivity index (χ3v) is 3.81. The van der Waals surface area contributed by atoms with Crippen molar-refractivity contribution in [2.75, 3.05) is 17.9 Å². The molecule has 9 heteroatoms. The van der Waals surface area contributed by atoms with Crippen LogP contribution in [0.2, 0.25) is 0 Å². The van der Waals surface area contributed by atoms with Gasteiger partial charge in [0.2, 0.25) is 0 Å². The lowest BCUT2D eigenvalue weighted by Crippen LogP contribution is -2.16. The second kappa shape index (κ2) is 6.37. The summed E-state index contributed by atoms with van der Waals surface area (Å²) in [7, 11) is -3.78. The lowest BCUT2D eigenvalue weighted by atomic mass is 10.3. The maximum Gasteiger partial charge on any atom is 0.264 e. The molecule has 0 bridgehead atoms. The number of aromatic amines is 1. The molecule has 8 nitrogen and oxygen atoms in total. The monoisotopic (exact) mass is 310 g/mol. The summed E-state index contributed by atoms with van der Waals surface area (Å²) in [5.41, 5.74) is 4.89. The van der Waals surface area contributed by atoms with E-state index in [-0.39, 0.29) is 10.7 Å². The van der Waals surface area contributed by atoms with Crippen molar-refractivity contribution in [1.82, 2.24) is 10.2 Å². The molecule has 21 heavy (non-hydrogen) atoms. The van der Waals surface area contributed by atoms with Crippen LogP contribution in [0.1, 0.15) is 0 Å². The Kier molecular flexibility index (Phi) is 4.55. The summed E-state index contributed by atoms with van der Waals surface area (Å²) in [6.45, 7) is 0.727. The molecule has 0 amide bonds. The molecule has 0 aliphatic rings. The van der Waals surface area contributed by atoms with E-state index in [9.17, 15) is 13.2 Å². The molecule has 112 valence electrons. The predicted octanol–water partition coefficient (Wildman–Crippen LogP) is -0.0918. The van der Waals surface area contributed by atoms with Gasteiger partial charge >= 0.3 is 0 Å². The molecule has 0 aliphatic carbocycles. The Balaban J connectivity index is 2.15. The summed E-state index contributed by atoms with van der Waals surface area (Å²) in [6.07, 6.45) is 0. The van der Waals surface area contributed by atoms with Crippen LogP contribution in [0.5, 0.6) is 5.75 Å². The lowest BCUT2D eigenvalue weighted by molar-refractivity contribution is 0.328. The molecule has 2 aromatic rings. The molecule has 0 spiro atoms. The van der Waals surface area contributed by atoms with Crippen LogP contribution in [0.3, 0.4) is 0 Å². The van der Waals surface area contributed by atoms with Gasteiger partial charge in [-0.05, 0) is 30.3 Å². The normalized spacial score (nSPS) is 11.1. The maximum atomic E-state index is 12.1. The van der Waals surface area contributed by atoms with Gasteiger partial charge in [0.25, 0.3) is 15.6 Å². The summed E-state index contributed by atoms with van der Waals surface area (Å²) < 4.78 is 31.7. The minimum absolute atomic E-state index is 0.0260. The van der Waals surface area contributed by atoms with Gasteiger partial charge in [0, 0.05) is 12.6 Å². The van der Waals surface area contributed by atoms with Gasteiger partial charge in [0.1, 0.15) is 12.4 Å². The van der Waals surface area contributed by atoms with Crippen LogP contribution in [0.15, 0.2) is 46.1 Å². The summed E-state index contributed by atoms with van der Waals surface area (Å²) >= 11 is 0. The Labute approximate surface area is 121 Å². The van der Waals surface area contributed by atoms with Gasteiger partial charge in [0.05, 0.1) is 4.90 Å². The first-order chi connectivity index (χ1) is 10.0. The molecular formula is C12H14N4O4S. The molecule has 1 aromatic heterocycles. The molecule has 1 aromatic carbocycles. The van der Waals surface area contributed by atoms with Gasteiger partial charge in [-0.15, -0.1) is 0 Å². The standard InChI is InChI=1S/C12H14N4O4S/c13-7-8-20-9-1-3-10(4-2-9)21(18,19)16-11-5-6-12(17)15-14-11/h1-6H,7-8,13H2,(H,14,16)(H,15,17). The Hall–Kier alpha value is -2.39. The van der Waals surface area contributed by atoms with E-state index in [1.54, 1.807) is 0 Å². The summed E-state index contributed by atoms with van der Waals surface area (Å²) in [6, 6.07) is 8.32. The van der Waals surface area contributed by atoms with Gasteiger partial charge in [0.15, 0.2) is 5.82 Å². The summed E-state index contributed by atoms with van der Waals surface area (Å²) in [4.78, 5) is 10.9. The van der Waals surface area contributed by atoms with E-state index in [2.05, 4.69) is 14.9 Å². The van der Waals surface area contributed by atoms with E-state index in [4.69, 9.17) is 10.5 Å². The number of rotatable bonds is 6. The molecule has 2 rings (SSSR count). The van der Waals surface area contributed by atoms with E-state index < -0.39 is 15.6 Å². The molecule has 0 saturated heterocycles. The highest BCUT2D eigenvalue weighted by Crippen LogP contribution is 2.17. The Morgan fingerprint density at radius 2 is 1.90 bits per heavy atom. The molecule has 0 aliphatic heterocycles. The number of hydrogen-bond acceptors (Lipinski definition) is 6. The minimum Gasteiger partial charge on any atom is -0.492 e. The smallest absolute Gasteiger partial charge is 0.264 e. The van der Waals surface area contributed by atoms with E-state index in [0.29, 0.717) is 18.9 Å². The van der Waals surface area contributed by atoms with Crippen molar-refractivity contribution in [2.45, 2.75) is 4.90 Å². The number of H-pyrrole nitrogens is 1. The second-order valence-corrected chi connectivity index (χ2v) is 5.70. The molecule has 4 N–H and O–H groups in total. The highest BCUT2D eigenvalue weighted by molar-refractivity contribution is 7.92. The number of hydrogen-bond donors (Lipinski definition) is 3. The van der Waals surface area contributed by atoms with Crippen LogP contribution >= 0.6 is 0 Å². The minimum atomic E-state index is -3.78. The number of ether oxygens (including phenoxy) is 1. The quantitative estimate of drug-likeness (QED) is 0.684. The topological polar surface area (TPSA) is 127 Å². The fourth-order valence-electron chi connectivity index (χ4n) is 1.49. The Morgan fingerprint density at radius 1 is 1.19 bits per heavy atom. The summed E-state index contributed by atoms with van der Waals surface area (Å²) in [5, 5.41) is 5.72. The molecule has 1 heterocycles. The van der Waals surface area contributed by atoms with Crippen LogP contribution < -0.4 is 20.8 Å². The average Bonchev–Trinajstić information content (AvgIpc) is 2.48. The van der Waals surface area contributed by atoms with E-state index >= 15 is 0 Å². The molecular weight excluding hydrogens is 296 g/mol. The number of nitrogens with zero attached hydrogens (tertiary/aromatic N) is 1. The van der Waals surface area contributed by atoms with Crippen molar-refractivity contribution in [2.24, 2.45) is 5.73 Å². The van der Waals surface area contributed by atoms with Crippen molar-refractivity contribution in [3.05, 3.63) is 46.8 Å². The van der Waals surface area contributed by atoms with Crippen molar-refractivity contribution in [3.8, 4) is 5.75 Å². The van der Waals surface area contributed by atoms with Gasteiger partial charge in [-0.3, -0.25) is 9.52 Å². The zero-order valence-corrected chi connectivity index (χ0v) is 11.8. The molecule has 0 radical (unpaired) electrons. The van der Waals surface area contributed by atoms with Crippen LogP contribution in [0.25, 0.3) is 0 Å².